The molecule has 2 aliphatic heterocycles. The average molecular weight is 265 g/mol. The van der Waals surface area contributed by atoms with Crippen LogP contribution in [0.2, 0.25) is 0 Å². The number of aliphatic hydroxyl groups is 1. The van der Waals surface area contributed by atoms with Gasteiger partial charge in [0.1, 0.15) is 11.6 Å². The zero-order valence-corrected chi connectivity index (χ0v) is 10.5. The number of aliphatic hydroxyl groups excluding tert-OH is 1. The minimum absolute atomic E-state index is 0.286. The van der Waals surface area contributed by atoms with E-state index < -0.39 is 6.29 Å². The van der Waals surface area contributed by atoms with Crippen molar-refractivity contribution in [3.63, 3.8) is 0 Å². The second-order valence-electron chi connectivity index (χ2n) is 4.74. The van der Waals surface area contributed by atoms with Crippen LogP contribution in [0, 0.1) is 5.82 Å². The average Bonchev–Trinajstić information content (AvgIpc) is 2.41. The van der Waals surface area contributed by atoms with Gasteiger partial charge in [0.15, 0.2) is 0 Å². The zero-order valence-electron chi connectivity index (χ0n) is 10.5. The first-order chi connectivity index (χ1) is 9.22. The monoisotopic (exact) mass is 265 g/mol. The van der Waals surface area contributed by atoms with Gasteiger partial charge in [0.2, 0.25) is 6.29 Å². The van der Waals surface area contributed by atoms with Crippen molar-refractivity contribution < 1.29 is 19.0 Å². The van der Waals surface area contributed by atoms with Crippen molar-refractivity contribution >= 4 is 6.08 Å². The minimum atomic E-state index is -0.957. The molecule has 2 heterocycles. The fraction of sp³-hybridized carbons (Fsp3) is 0.429. The highest BCUT2D eigenvalue weighted by molar-refractivity contribution is 5.62. The number of ether oxygens (including phenoxy) is 2. The summed E-state index contributed by atoms with van der Waals surface area (Å²) in [7, 11) is 0. The molecule has 0 radical (unpaired) electrons. The van der Waals surface area contributed by atoms with Gasteiger partial charge in [-0.2, -0.15) is 0 Å². The molecule has 19 heavy (non-hydrogen) atoms. The Morgan fingerprint density at radius 1 is 1.32 bits per heavy atom. The van der Waals surface area contributed by atoms with E-state index in [1.807, 2.05) is 0 Å². The summed E-state index contributed by atoms with van der Waals surface area (Å²) in [4.78, 5) is 2.19. The Labute approximate surface area is 111 Å². The SMILES string of the molecule is OC1C=Cc2cc(F)cc(CN3CCOCC3)c2O1. The summed E-state index contributed by atoms with van der Waals surface area (Å²) >= 11 is 0. The first kappa shape index (κ1) is 12.6. The van der Waals surface area contributed by atoms with Crippen molar-refractivity contribution in [2.75, 3.05) is 26.3 Å². The third-order valence-electron chi connectivity index (χ3n) is 3.34. The highest BCUT2D eigenvalue weighted by atomic mass is 19.1. The van der Waals surface area contributed by atoms with Crippen molar-refractivity contribution in [3.8, 4) is 5.75 Å². The van der Waals surface area contributed by atoms with Crippen LogP contribution in [-0.2, 0) is 11.3 Å². The lowest BCUT2D eigenvalue weighted by atomic mass is 10.1. The smallest absolute Gasteiger partial charge is 0.217 e. The Hall–Kier alpha value is -1.43. The molecule has 1 fully saturated rings. The largest absolute Gasteiger partial charge is 0.460 e. The van der Waals surface area contributed by atoms with E-state index in [2.05, 4.69) is 4.90 Å². The van der Waals surface area contributed by atoms with Gasteiger partial charge in [-0.3, -0.25) is 4.90 Å². The Morgan fingerprint density at radius 2 is 2.11 bits per heavy atom. The molecule has 0 spiro atoms. The van der Waals surface area contributed by atoms with Gasteiger partial charge in [-0.25, -0.2) is 4.39 Å². The molecule has 1 aromatic carbocycles. The Morgan fingerprint density at radius 3 is 2.89 bits per heavy atom. The van der Waals surface area contributed by atoms with Crippen LogP contribution in [0.1, 0.15) is 11.1 Å². The van der Waals surface area contributed by atoms with Crippen LogP contribution in [-0.4, -0.2) is 42.6 Å². The molecule has 0 aromatic heterocycles. The van der Waals surface area contributed by atoms with Crippen molar-refractivity contribution in [3.05, 3.63) is 35.2 Å². The molecule has 1 atom stereocenters. The number of nitrogens with zero attached hydrogens (tertiary/aromatic N) is 1. The number of halogens is 1. The Kier molecular flexibility index (Phi) is 3.50. The third kappa shape index (κ3) is 2.78. The quantitative estimate of drug-likeness (QED) is 0.877. The van der Waals surface area contributed by atoms with Gasteiger partial charge in [-0.05, 0) is 24.3 Å². The lowest BCUT2D eigenvalue weighted by Gasteiger charge is -2.28. The van der Waals surface area contributed by atoms with Gasteiger partial charge in [-0.1, -0.05) is 0 Å². The van der Waals surface area contributed by atoms with Gasteiger partial charge < -0.3 is 14.6 Å². The molecule has 3 rings (SSSR count). The predicted octanol–water partition coefficient (Wildman–Crippen LogP) is 1.38. The molecular weight excluding hydrogens is 249 g/mol. The van der Waals surface area contributed by atoms with Crippen LogP contribution in [0.3, 0.4) is 0 Å². The molecule has 0 amide bonds. The van der Waals surface area contributed by atoms with Crippen LogP contribution >= 0.6 is 0 Å². The second kappa shape index (κ2) is 5.28. The van der Waals surface area contributed by atoms with E-state index >= 15 is 0 Å². The normalized spacial score (nSPS) is 22.9. The first-order valence-corrected chi connectivity index (χ1v) is 6.38. The molecule has 1 unspecified atom stereocenters. The highest BCUT2D eigenvalue weighted by Crippen LogP contribution is 2.31. The Balaban J connectivity index is 1.87. The van der Waals surface area contributed by atoms with E-state index in [-0.39, 0.29) is 5.82 Å². The van der Waals surface area contributed by atoms with E-state index in [0.717, 1.165) is 18.7 Å². The van der Waals surface area contributed by atoms with Crippen LogP contribution in [0.25, 0.3) is 6.08 Å². The molecular formula is C14H16FNO3. The predicted molar refractivity (Wildman–Crippen MR) is 68.2 cm³/mol. The molecule has 0 saturated carbocycles. The maximum atomic E-state index is 13.6. The molecule has 2 aliphatic rings. The van der Waals surface area contributed by atoms with Crippen LogP contribution in [0.15, 0.2) is 18.2 Å². The molecule has 0 bridgehead atoms. The van der Waals surface area contributed by atoms with Crippen molar-refractivity contribution in [2.45, 2.75) is 12.8 Å². The van der Waals surface area contributed by atoms with Gasteiger partial charge in [-0.15, -0.1) is 0 Å². The molecule has 1 saturated heterocycles. The maximum Gasteiger partial charge on any atom is 0.217 e. The van der Waals surface area contributed by atoms with Gasteiger partial charge in [0.25, 0.3) is 0 Å². The van der Waals surface area contributed by atoms with Crippen LogP contribution < -0.4 is 4.74 Å². The van der Waals surface area contributed by atoms with Gasteiger partial charge in [0, 0.05) is 30.8 Å². The Bertz CT molecular complexity index is 498. The molecule has 1 aromatic rings. The molecule has 5 heteroatoms. The molecule has 0 aliphatic carbocycles. The first-order valence-electron chi connectivity index (χ1n) is 6.38. The summed E-state index contributed by atoms with van der Waals surface area (Å²) in [6.45, 7) is 3.64. The van der Waals surface area contributed by atoms with Gasteiger partial charge in [0.05, 0.1) is 13.2 Å². The number of morpholine rings is 1. The summed E-state index contributed by atoms with van der Waals surface area (Å²) in [6.07, 6.45) is 2.23. The van der Waals surface area contributed by atoms with E-state index in [0.29, 0.717) is 31.1 Å². The van der Waals surface area contributed by atoms with E-state index in [1.165, 1.54) is 18.2 Å². The van der Waals surface area contributed by atoms with Crippen LogP contribution in [0.5, 0.6) is 5.75 Å². The van der Waals surface area contributed by atoms with E-state index in [4.69, 9.17) is 9.47 Å². The van der Waals surface area contributed by atoms with Crippen LogP contribution in [0.4, 0.5) is 4.39 Å². The second-order valence-corrected chi connectivity index (χ2v) is 4.74. The standard InChI is InChI=1S/C14H16FNO3/c15-12-7-10-1-2-13(17)19-14(10)11(8-12)9-16-3-5-18-6-4-16/h1-2,7-8,13,17H,3-6,9H2. The van der Waals surface area contributed by atoms with E-state index in [1.54, 1.807) is 6.08 Å². The van der Waals surface area contributed by atoms with Crippen molar-refractivity contribution in [1.82, 2.24) is 4.90 Å². The molecule has 102 valence electrons. The lowest BCUT2D eigenvalue weighted by molar-refractivity contribution is 0.0178. The van der Waals surface area contributed by atoms with Crippen molar-refractivity contribution in [1.29, 1.82) is 0 Å². The summed E-state index contributed by atoms with van der Waals surface area (Å²) in [6, 6.07) is 2.89. The zero-order chi connectivity index (χ0) is 13.2. The maximum absolute atomic E-state index is 13.6. The molecule has 4 nitrogen and oxygen atoms in total. The number of benzene rings is 1. The van der Waals surface area contributed by atoms with Gasteiger partial charge >= 0.3 is 0 Å². The van der Waals surface area contributed by atoms with E-state index in [9.17, 15) is 9.50 Å². The fourth-order valence-electron chi connectivity index (χ4n) is 2.40. The number of hydrogen-bond donors (Lipinski definition) is 1. The van der Waals surface area contributed by atoms with Crippen molar-refractivity contribution in [2.24, 2.45) is 0 Å². The number of rotatable bonds is 2. The lowest BCUT2D eigenvalue weighted by Crippen LogP contribution is -2.36. The topological polar surface area (TPSA) is 41.9 Å². The summed E-state index contributed by atoms with van der Waals surface area (Å²) in [5, 5.41) is 9.52. The molecule has 1 N–H and O–H groups in total. The summed E-state index contributed by atoms with van der Waals surface area (Å²) < 4.78 is 24.3. The third-order valence-corrected chi connectivity index (χ3v) is 3.34. The summed E-state index contributed by atoms with van der Waals surface area (Å²) in [5.41, 5.74) is 1.44. The highest BCUT2D eigenvalue weighted by Gasteiger charge is 2.20. The minimum Gasteiger partial charge on any atom is -0.460 e. The summed E-state index contributed by atoms with van der Waals surface area (Å²) in [5.74, 6) is 0.287. The number of hydrogen-bond acceptors (Lipinski definition) is 4. The number of fused-ring (bicyclic) bond motifs is 1. The fourth-order valence-corrected chi connectivity index (χ4v) is 2.40.